The Labute approximate surface area is 120 Å². The molecule has 0 amide bonds. The van der Waals surface area contributed by atoms with Crippen molar-refractivity contribution in [2.75, 3.05) is 0 Å². The van der Waals surface area contributed by atoms with Crippen LogP contribution in [0.1, 0.15) is 62.7 Å². The maximum absolute atomic E-state index is 5.46. The van der Waals surface area contributed by atoms with Gasteiger partial charge in [-0.25, -0.2) is 0 Å². The molecule has 106 valence electrons. The first kappa shape index (κ1) is 13.4. The van der Waals surface area contributed by atoms with Crippen molar-refractivity contribution in [3.8, 4) is 0 Å². The van der Waals surface area contributed by atoms with Gasteiger partial charge >= 0.3 is 0 Å². The van der Waals surface area contributed by atoms with Crippen LogP contribution in [0.3, 0.4) is 0 Å². The number of nitrogens with zero attached hydrogens (tertiary/aromatic N) is 2. The zero-order valence-electron chi connectivity index (χ0n) is 11.2. The minimum Gasteiger partial charge on any atom is -0.338 e. The molecule has 1 aromatic rings. The lowest BCUT2D eigenvalue weighted by molar-refractivity contribution is 0.324. The molecule has 3 aliphatic rings. The van der Waals surface area contributed by atoms with Crippen LogP contribution < -0.4 is 5.32 Å². The summed E-state index contributed by atoms with van der Waals surface area (Å²) in [5.41, 5.74) is 0. The largest absolute Gasteiger partial charge is 0.338 e. The van der Waals surface area contributed by atoms with E-state index < -0.39 is 0 Å². The highest BCUT2D eigenvalue weighted by atomic mass is 35.5. The molecular weight excluding hydrogens is 262 g/mol. The molecule has 0 aromatic carbocycles. The normalized spacial score (nSPS) is 33.8. The van der Waals surface area contributed by atoms with E-state index in [2.05, 4.69) is 15.5 Å². The zero-order valence-corrected chi connectivity index (χ0v) is 12.0. The van der Waals surface area contributed by atoms with Gasteiger partial charge in [0.05, 0.1) is 6.04 Å². The first-order valence-electron chi connectivity index (χ1n) is 7.47. The van der Waals surface area contributed by atoms with Crippen molar-refractivity contribution in [1.29, 1.82) is 0 Å². The van der Waals surface area contributed by atoms with E-state index in [0.29, 0.717) is 12.1 Å². The summed E-state index contributed by atoms with van der Waals surface area (Å²) in [6.07, 6.45) is 10.4. The van der Waals surface area contributed by atoms with E-state index in [4.69, 9.17) is 4.52 Å². The highest BCUT2D eigenvalue weighted by molar-refractivity contribution is 5.85. The molecule has 4 nitrogen and oxygen atoms in total. The average molecular weight is 284 g/mol. The second-order valence-electron chi connectivity index (χ2n) is 6.30. The van der Waals surface area contributed by atoms with Crippen LogP contribution in [-0.4, -0.2) is 16.2 Å². The first-order valence-corrected chi connectivity index (χ1v) is 7.47. The smallest absolute Gasteiger partial charge is 0.243 e. The van der Waals surface area contributed by atoms with Crippen LogP contribution in [-0.2, 0) is 6.42 Å². The fourth-order valence-corrected chi connectivity index (χ4v) is 3.58. The molecule has 2 saturated carbocycles. The van der Waals surface area contributed by atoms with Crippen molar-refractivity contribution in [2.45, 2.75) is 63.5 Å². The third-order valence-electron chi connectivity index (χ3n) is 4.81. The van der Waals surface area contributed by atoms with Gasteiger partial charge in [0, 0.05) is 12.5 Å². The van der Waals surface area contributed by atoms with Crippen LogP contribution in [0.2, 0.25) is 0 Å². The van der Waals surface area contributed by atoms with Gasteiger partial charge in [0.1, 0.15) is 0 Å². The molecular formula is C14H22ClN3O. The van der Waals surface area contributed by atoms with Crippen LogP contribution in [0.25, 0.3) is 0 Å². The number of hydrogen-bond acceptors (Lipinski definition) is 4. The molecule has 4 rings (SSSR count). The third kappa shape index (κ3) is 2.79. The van der Waals surface area contributed by atoms with Gasteiger partial charge in [-0.15, -0.1) is 12.4 Å². The molecule has 2 aliphatic carbocycles. The molecule has 3 fully saturated rings. The van der Waals surface area contributed by atoms with Crippen molar-refractivity contribution in [1.82, 2.24) is 15.5 Å². The summed E-state index contributed by atoms with van der Waals surface area (Å²) in [7, 11) is 0. The maximum Gasteiger partial charge on any atom is 0.243 e. The molecule has 1 aromatic heterocycles. The van der Waals surface area contributed by atoms with Crippen molar-refractivity contribution in [3.05, 3.63) is 11.7 Å². The second kappa shape index (κ2) is 5.41. The molecule has 1 aliphatic heterocycles. The standard InChI is InChI=1S/C14H21N3O.ClH/c1-2-4-11-10(3-1)8-12(15-11)14-16-13(17-18-14)7-9-5-6-9;/h9-12,15H,1-8H2;1H. The van der Waals surface area contributed by atoms with E-state index in [0.717, 1.165) is 30.0 Å². The molecule has 19 heavy (non-hydrogen) atoms. The lowest BCUT2D eigenvalue weighted by atomic mass is 9.85. The van der Waals surface area contributed by atoms with Gasteiger partial charge in [-0.1, -0.05) is 18.0 Å². The monoisotopic (exact) mass is 283 g/mol. The van der Waals surface area contributed by atoms with Crippen molar-refractivity contribution in [3.63, 3.8) is 0 Å². The van der Waals surface area contributed by atoms with Crippen LogP contribution in [0.4, 0.5) is 0 Å². The molecule has 3 unspecified atom stereocenters. The number of aromatic nitrogens is 2. The Bertz CT molecular complexity index is 418. The molecule has 3 atom stereocenters. The van der Waals surface area contributed by atoms with E-state index in [-0.39, 0.29) is 12.4 Å². The van der Waals surface area contributed by atoms with Crippen LogP contribution in [0.5, 0.6) is 0 Å². The van der Waals surface area contributed by atoms with Gasteiger partial charge in [-0.05, 0) is 43.9 Å². The lowest BCUT2D eigenvalue weighted by Gasteiger charge is -2.24. The van der Waals surface area contributed by atoms with Gasteiger partial charge in [0.15, 0.2) is 5.82 Å². The molecule has 0 radical (unpaired) electrons. The van der Waals surface area contributed by atoms with Crippen LogP contribution >= 0.6 is 12.4 Å². The first-order chi connectivity index (χ1) is 8.88. The number of fused-ring (bicyclic) bond motifs is 1. The van der Waals surface area contributed by atoms with Crippen LogP contribution in [0, 0.1) is 11.8 Å². The fourth-order valence-electron chi connectivity index (χ4n) is 3.58. The molecule has 0 bridgehead atoms. The summed E-state index contributed by atoms with van der Waals surface area (Å²) < 4.78 is 5.46. The maximum atomic E-state index is 5.46. The molecule has 5 heteroatoms. The van der Waals surface area contributed by atoms with Gasteiger partial charge in [-0.2, -0.15) is 4.98 Å². The highest BCUT2D eigenvalue weighted by Crippen LogP contribution is 2.39. The predicted octanol–water partition coefficient (Wildman–Crippen LogP) is 3.04. The quantitative estimate of drug-likeness (QED) is 0.926. The van der Waals surface area contributed by atoms with E-state index in [9.17, 15) is 0 Å². The summed E-state index contributed by atoms with van der Waals surface area (Å²) in [5.74, 6) is 3.42. The summed E-state index contributed by atoms with van der Waals surface area (Å²) >= 11 is 0. The Morgan fingerprint density at radius 3 is 2.79 bits per heavy atom. The van der Waals surface area contributed by atoms with Crippen LogP contribution in [0.15, 0.2) is 4.52 Å². The van der Waals surface area contributed by atoms with E-state index >= 15 is 0 Å². The Kier molecular flexibility index (Phi) is 3.81. The van der Waals surface area contributed by atoms with Gasteiger partial charge in [-0.3, -0.25) is 0 Å². The molecule has 1 saturated heterocycles. The zero-order chi connectivity index (χ0) is 11.9. The molecule has 1 N–H and O–H groups in total. The fraction of sp³-hybridized carbons (Fsp3) is 0.857. The second-order valence-corrected chi connectivity index (χ2v) is 6.30. The van der Waals surface area contributed by atoms with Crippen molar-refractivity contribution in [2.24, 2.45) is 11.8 Å². The number of nitrogens with one attached hydrogen (secondary N) is 1. The van der Waals surface area contributed by atoms with Crippen molar-refractivity contribution >= 4 is 12.4 Å². The van der Waals surface area contributed by atoms with Gasteiger partial charge in [0.25, 0.3) is 0 Å². The number of halogens is 1. The number of rotatable bonds is 3. The van der Waals surface area contributed by atoms with Gasteiger partial charge in [0.2, 0.25) is 5.89 Å². The Morgan fingerprint density at radius 1 is 1.16 bits per heavy atom. The van der Waals surface area contributed by atoms with Crippen molar-refractivity contribution < 1.29 is 4.52 Å². The lowest BCUT2D eigenvalue weighted by Crippen LogP contribution is -2.30. The minimum atomic E-state index is 0. The average Bonchev–Trinajstić information content (AvgIpc) is 2.92. The summed E-state index contributed by atoms with van der Waals surface area (Å²) in [6, 6.07) is 1.01. The molecule has 2 heterocycles. The number of hydrogen-bond donors (Lipinski definition) is 1. The topological polar surface area (TPSA) is 51.0 Å². The van der Waals surface area contributed by atoms with Gasteiger partial charge < -0.3 is 9.84 Å². The highest BCUT2D eigenvalue weighted by Gasteiger charge is 2.38. The predicted molar refractivity (Wildman–Crippen MR) is 74.2 cm³/mol. The Hall–Kier alpha value is -0.610. The van der Waals surface area contributed by atoms with E-state index in [1.54, 1.807) is 0 Å². The SMILES string of the molecule is C1CCC2NC(c3nc(CC4CC4)no3)CC2C1.Cl. The Morgan fingerprint density at radius 2 is 2.00 bits per heavy atom. The summed E-state index contributed by atoms with van der Waals surface area (Å²) in [4.78, 5) is 4.59. The van der Waals surface area contributed by atoms with E-state index in [1.165, 1.54) is 44.9 Å². The Balaban J connectivity index is 0.00000110. The summed E-state index contributed by atoms with van der Waals surface area (Å²) in [6.45, 7) is 0. The molecule has 0 spiro atoms. The summed E-state index contributed by atoms with van der Waals surface area (Å²) in [5, 5.41) is 7.83. The minimum absolute atomic E-state index is 0. The van der Waals surface area contributed by atoms with E-state index in [1.807, 2.05) is 0 Å². The third-order valence-corrected chi connectivity index (χ3v) is 4.81.